The molecule has 0 aliphatic carbocycles. The molecular weight excluding hydrogens is 169 g/mol. The highest BCUT2D eigenvalue weighted by atomic mass is 19.4. The fourth-order valence-corrected chi connectivity index (χ4v) is 1.15. The molecule has 2 nitrogen and oxygen atoms in total. The minimum absolute atomic E-state index is 0.370. The third kappa shape index (κ3) is 2.98. The van der Waals surface area contributed by atoms with Gasteiger partial charge in [0.1, 0.15) is 6.04 Å². The first-order valence-corrected chi connectivity index (χ1v) is 3.98. The van der Waals surface area contributed by atoms with Crippen molar-refractivity contribution in [1.82, 2.24) is 4.90 Å². The van der Waals surface area contributed by atoms with E-state index in [1.165, 1.54) is 4.90 Å². The van der Waals surface area contributed by atoms with Crippen LogP contribution in [0.2, 0.25) is 0 Å². The molecule has 0 aromatic heterocycles. The standard InChI is InChI=1S/C7H15F3N2/c1-3-12(4-2)6(5-11)7(8,9)10/h6H,3-5,11H2,1-2H3. The fraction of sp³-hybridized carbons (Fsp3) is 1.00. The number of hydrogen-bond donors (Lipinski definition) is 1. The van der Waals surface area contributed by atoms with Crippen LogP contribution >= 0.6 is 0 Å². The van der Waals surface area contributed by atoms with Crippen LogP contribution in [0.5, 0.6) is 0 Å². The van der Waals surface area contributed by atoms with Crippen molar-refractivity contribution in [3.63, 3.8) is 0 Å². The van der Waals surface area contributed by atoms with E-state index in [9.17, 15) is 13.2 Å². The molecule has 0 aromatic carbocycles. The van der Waals surface area contributed by atoms with Gasteiger partial charge in [0.15, 0.2) is 0 Å². The lowest BCUT2D eigenvalue weighted by molar-refractivity contribution is -0.179. The van der Waals surface area contributed by atoms with Crippen molar-refractivity contribution in [2.75, 3.05) is 19.6 Å². The Labute approximate surface area is 70.5 Å². The molecule has 0 amide bonds. The van der Waals surface area contributed by atoms with Crippen LogP contribution in [-0.4, -0.2) is 36.8 Å². The Hall–Kier alpha value is -0.290. The minimum Gasteiger partial charge on any atom is -0.329 e. The second-order valence-corrected chi connectivity index (χ2v) is 2.51. The maximum absolute atomic E-state index is 12.2. The lowest BCUT2D eigenvalue weighted by atomic mass is 10.2. The van der Waals surface area contributed by atoms with Crippen molar-refractivity contribution in [3.8, 4) is 0 Å². The Balaban J connectivity index is 4.31. The molecule has 0 bridgehead atoms. The number of hydrogen-bond acceptors (Lipinski definition) is 2. The summed E-state index contributed by atoms with van der Waals surface area (Å²) in [4.78, 5) is 1.31. The van der Waals surface area contributed by atoms with Gasteiger partial charge in [-0.25, -0.2) is 0 Å². The summed E-state index contributed by atoms with van der Waals surface area (Å²) in [6.45, 7) is 3.76. The smallest absolute Gasteiger partial charge is 0.329 e. The highest BCUT2D eigenvalue weighted by molar-refractivity contribution is 4.78. The Morgan fingerprint density at radius 1 is 1.25 bits per heavy atom. The third-order valence-corrected chi connectivity index (χ3v) is 1.85. The van der Waals surface area contributed by atoms with Crippen LogP contribution in [0, 0.1) is 0 Å². The molecule has 0 spiro atoms. The van der Waals surface area contributed by atoms with Crippen LogP contribution in [0.15, 0.2) is 0 Å². The van der Waals surface area contributed by atoms with Crippen LogP contribution in [0.3, 0.4) is 0 Å². The molecule has 12 heavy (non-hydrogen) atoms. The van der Waals surface area contributed by atoms with Gasteiger partial charge in [0.05, 0.1) is 0 Å². The van der Waals surface area contributed by atoms with Crippen molar-refractivity contribution >= 4 is 0 Å². The molecule has 0 fully saturated rings. The third-order valence-electron chi connectivity index (χ3n) is 1.85. The zero-order valence-corrected chi connectivity index (χ0v) is 7.36. The number of alkyl halides is 3. The second-order valence-electron chi connectivity index (χ2n) is 2.51. The second kappa shape index (κ2) is 4.67. The van der Waals surface area contributed by atoms with Crippen LogP contribution in [0.4, 0.5) is 13.2 Å². The highest BCUT2D eigenvalue weighted by Gasteiger charge is 2.41. The molecule has 1 atom stereocenters. The van der Waals surface area contributed by atoms with Gasteiger partial charge in [0, 0.05) is 6.54 Å². The normalized spacial score (nSPS) is 15.2. The Bertz CT molecular complexity index is 120. The van der Waals surface area contributed by atoms with Crippen molar-refractivity contribution in [2.45, 2.75) is 26.1 Å². The summed E-state index contributed by atoms with van der Waals surface area (Å²) in [7, 11) is 0. The molecule has 0 aliphatic rings. The predicted octanol–water partition coefficient (Wildman–Crippen LogP) is 1.22. The monoisotopic (exact) mass is 184 g/mol. The van der Waals surface area contributed by atoms with Gasteiger partial charge in [-0.2, -0.15) is 13.2 Å². The minimum atomic E-state index is -4.21. The summed E-state index contributed by atoms with van der Waals surface area (Å²) in [5.74, 6) is 0. The zero-order chi connectivity index (χ0) is 9.78. The Morgan fingerprint density at radius 3 is 1.75 bits per heavy atom. The van der Waals surface area contributed by atoms with Gasteiger partial charge in [-0.15, -0.1) is 0 Å². The fourth-order valence-electron chi connectivity index (χ4n) is 1.15. The predicted molar refractivity (Wildman–Crippen MR) is 41.8 cm³/mol. The van der Waals surface area contributed by atoms with Crippen LogP contribution < -0.4 is 5.73 Å². The van der Waals surface area contributed by atoms with E-state index in [0.717, 1.165) is 0 Å². The first-order valence-electron chi connectivity index (χ1n) is 3.98. The number of likely N-dealkylation sites (N-methyl/N-ethyl adjacent to an activating group) is 1. The summed E-state index contributed by atoms with van der Waals surface area (Å²) in [6, 6.07) is -1.49. The van der Waals surface area contributed by atoms with Gasteiger partial charge >= 0.3 is 6.18 Å². The van der Waals surface area contributed by atoms with E-state index < -0.39 is 12.2 Å². The average molecular weight is 184 g/mol. The molecule has 5 heteroatoms. The molecule has 1 unspecified atom stereocenters. The quantitative estimate of drug-likeness (QED) is 0.711. The molecule has 0 saturated carbocycles. The molecule has 0 aliphatic heterocycles. The molecule has 0 aromatic rings. The van der Waals surface area contributed by atoms with Crippen molar-refractivity contribution in [3.05, 3.63) is 0 Å². The SMILES string of the molecule is CCN(CC)C(CN)C(F)(F)F. The van der Waals surface area contributed by atoms with Gasteiger partial charge < -0.3 is 5.73 Å². The summed E-state index contributed by atoms with van der Waals surface area (Å²) >= 11 is 0. The summed E-state index contributed by atoms with van der Waals surface area (Å²) in [5.41, 5.74) is 5.05. The maximum Gasteiger partial charge on any atom is 0.405 e. The van der Waals surface area contributed by atoms with Crippen molar-refractivity contribution in [1.29, 1.82) is 0 Å². The molecule has 0 heterocycles. The summed E-state index contributed by atoms with van der Waals surface area (Å²) in [5, 5.41) is 0. The molecule has 0 radical (unpaired) electrons. The summed E-state index contributed by atoms with van der Waals surface area (Å²) < 4.78 is 36.7. The number of halogens is 3. The lowest BCUT2D eigenvalue weighted by Gasteiger charge is -2.29. The molecule has 0 saturated heterocycles. The number of nitrogens with zero attached hydrogens (tertiary/aromatic N) is 1. The first kappa shape index (κ1) is 11.7. The van der Waals surface area contributed by atoms with Crippen molar-refractivity contribution in [2.24, 2.45) is 5.73 Å². The maximum atomic E-state index is 12.2. The topological polar surface area (TPSA) is 29.3 Å². The molecule has 0 rings (SSSR count). The molecule has 74 valence electrons. The van der Waals surface area contributed by atoms with E-state index in [2.05, 4.69) is 0 Å². The van der Waals surface area contributed by atoms with E-state index >= 15 is 0 Å². The van der Waals surface area contributed by atoms with E-state index in [-0.39, 0.29) is 6.54 Å². The molecular formula is C7H15F3N2. The number of rotatable bonds is 4. The van der Waals surface area contributed by atoms with Crippen LogP contribution in [0.25, 0.3) is 0 Å². The molecule has 2 N–H and O–H groups in total. The van der Waals surface area contributed by atoms with Gasteiger partial charge in [0.2, 0.25) is 0 Å². The van der Waals surface area contributed by atoms with E-state index in [1.54, 1.807) is 13.8 Å². The Morgan fingerprint density at radius 2 is 1.67 bits per heavy atom. The average Bonchev–Trinajstić information content (AvgIpc) is 1.97. The largest absolute Gasteiger partial charge is 0.405 e. The van der Waals surface area contributed by atoms with E-state index in [4.69, 9.17) is 5.73 Å². The van der Waals surface area contributed by atoms with Gasteiger partial charge in [-0.05, 0) is 13.1 Å². The van der Waals surface area contributed by atoms with Crippen LogP contribution in [0.1, 0.15) is 13.8 Å². The van der Waals surface area contributed by atoms with Gasteiger partial charge in [-0.3, -0.25) is 4.90 Å². The van der Waals surface area contributed by atoms with Gasteiger partial charge in [0.25, 0.3) is 0 Å². The van der Waals surface area contributed by atoms with E-state index in [1.807, 2.05) is 0 Å². The highest BCUT2D eigenvalue weighted by Crippen LogP contribution is 2.23. The summed E-state index contributed by atoms with van der Waals surface area (Å²) in [6.07, 6.45) is -4.21. The van der Waals surface area contributed by atoms with Gasteiger partial charge in [-0.1, -0.05) is 13.8 Å². The zero-order valence-electron chi connectivity index (χ0n) is 7.36. The lowest BCUT2D eigenvalue weighted by Crippen LogP contribution is -2.50. The Kier molecular flexibility index (Phi) is 4.55. The first-order chi connectivity index (χ1) is 5.47. The van der Waals surface area contributed by atoms with Crippen molar-refractivity contribution < 1.29 is 13.2 Å². The van der Waals surface area contributed by atoms with E-state index in [0.29, 0.717) is 13.1 Å². The number of nitrogens with two attached hydrogens (primary N) is 1. The van der Waals surface area contributed by atoms with Crippen LogP contribution in [-0.2, 0) is 0 Å².